The first kappa shape index (κ1) is 19.3. The lowest BCUT2D eigenvalue weighted by Gasteiger charge is -2.30. The second-order valence-corrected chi connectivity index (χ2v) is 7.96. The number of thiophene rings is 1. The Morgan fingerprint density at radius 3 is 2.66 bits per heavy atom. The normalized spacial score (nSPS) is 18.8. The number of carbonyl (C=O) groups is 2. The predicted octanol–water partition coefficient (Wildman–Crippen LogP) is 2.80. The Morgan fingerprint density at radius 1 is 1.17 bits per heavy atom. The van der Waals surface area contributed by atoms with E-state index >= 15 is 0 Å². The molecule has 2 aromatic rings. The van der Waals surface area contributed by atoms with Crippen LogP contribution in [0.15, 0.2) is 47.0 Å². The summed E-state index contributed by atoms with van der Waals surface area (Å²) in [6, 6.07) is 9.08. The number of amides is 3. The number of methoxy groups -OCH3 is 2. The fourth-order valence-electron chi connectivity index (χ4n) is 3.77. The van der Waals surface area contributed by atoms with E-state index in [1.165, 1.54) is 11.3 Å². The zero-order valence-corrected chi connectivity index (χ0v) is 17.4. The number of nitrogens with one attached hydrogen (secondary N) is 1. The molecule has 1 atom stereocenters. The summed E-state index contributed by atoms with van der Waals surface area (Å²) in [4.78, 5) is 29.9. The summed E-state index contributed by atoms with van der Waals surface area (Å²) >= 11 is 1.54. The zero-order valence-electron chi connectivity index (χ0n) is 16.6. The Labute approximate surface area is 173 Å². The Bertz CT molecular complexity index is 970. The number of carbonyl (C=O) groups excluding carboxylic acids is 2. The van der Waals surface area contributed by atoms with Gasteiger partial charge >= 0.3 is 6.03 Å². The minimum absolute atomic E-state index is 0.0225. The summed E-state index contributed by atoms with van der Waals surface area (Å²) < 4.78 is 10.6. The number of hydrogen-bond donors (Lipinski definition) is 1. The average Bonchev–Trinajstić information content (AvgIpc) is 3.38. The van der Waals surface area contributed by atoms with Crippen molar-refractivity contribution in [2.24, 2.45) is 0 Å². The van der Waals surface area contributed by atoms with Gasteiger partial charge in [-0.15, -0.1) is 11.3 Å². The third-order valence-corrected chi connectivity index (χ3v) is 6.32. The Balaban J connectivity index is 1.52. The Morgan fingerprint density at radius 2 is 1.97 bits per heavy atom. The number of benzene rings is 1. The number of nitrogens with zero attached hydrogens (tertiary/aromatic N) is 2. The first-order chi connectivity index (χ1) is 14.0. The SMILES string of the molecule is COc1ccc(CCN2CC3=C(C2=O)[C@H](c2cccs2)NC(=O)N3C)cc1OC. The summed E-state index contributed by atoms with van der Waals surface area (Å²) in [6.07, 6.45) is 0.682. The summed E-state index contributed by atoms with van der Waals surface area (Å²) in [7, 11) is 4.92. The van der Waals surface area contributed by atoms with Crippen molar-refractivity contribution in [1.82, 2.24) is 15.1 Å². The van der Waals surface area contributed by atoms with Gasteiger partial charge < -0.3 is 19.7 Å². The number of urea groups is 1. The molecule has 0 spiro atoms. The molecule has 0 unspecified atom stereocenters. The molecule has 3 heterocycles. The van der Waals surface area contributed by atoms with E-state index in [2.05, 4.69) is 5.32 Å². The number of rotatable bonds is 6. The van der Waals surface area contributed by atoms with Crippen LogP contribution < -0.4 is 14.8 Å². The standard InChI is InChI=1S/C21H23N3O4S/c1-23-14-12-24(9-8-13-6-7-15(27-2)16(11-13)28-3)20(25)18(14)19(22-21(23)26)17-5-4-10-29-17/h4-7,10-11,19H,8-9,12H2,1-3H3,(H,22,26)/t19-/m0/s1. The van der Waals surface area contributed by atoms with Crippen molar-refractivity contribution in [2.75, 3.05) is 34.4 Å². The predicted molar refractivity (Wildman–Crippen MR) is 110 cm³/mol. The smallest absolute Gasteiger partial charge is 0.322 e. The summed E-state index contributed by atoms with van der Waals surface area (Å²) in [5.74, 6) is 1.32. The van der Waals surface area contributed by atoms with Crippen molar-refractivity contribution in [3.05, 3.63) is 57.4 Å². The largest absolute Gasteiger partial charge is 0.493 e. The molecule has 0 bridgehead atoms. The first-order valence-corrected chi connectivity index (χ1v) is 10.2. The Hall–Kier alpha value is -3.00. The van der Waals surface area contributed by atoms with Crippen LogP contribution in [0.25, 0.3) is 0 Å². The molecule has 8 heteroatoms. The van der Waals surface area contributed by atoms with Gasteiger partial charge in [0.05, 0.1) is 38.1 Å². The van der Waals surface area contributed by atoms with E-state index in [-0.39, 0.29) is 18.0 Å². The van der Waals surface area contributed by atoms with Gasteiger partial charge in [-0.1, -0.05) is 12.1 Å². The molecule has 1 N–H and O–H groups in total. The molecule has 0 aliphatic carbocycles. The topological polar surface area (TPSA) is 71.1 Å². The van der Waals surface area contributed by atoms with Gasteiger partial charge in [0, 0.05) is 18.5 Å². The molecular weight excluding hydrogens is 390 g/mol. The molecule has 0 saturated heterocycles. The summed E-state index contributed by atoms with van der Waals surface area (Å²) in [5, 5.41) is 4.91. The van der Waals surface area contributed by atoms with E-state index in [0.717, 1.165) is 16.1 Å². The third kappa shape index (κ3) is 3.44. The molecule has 2 aliphatic heterocycles. The van der Waals surface area contributed by atoms with Crippen molar-refractivity contribution in [2.45, 2.75) is 12.5 Å². The van der Waals surface area contributed by atoms with Crippen LogP contribution in [-0.2, 0) is 11.2 Å². The molecule has 2 aliphatic rings. The molecule has 1 aromatic heterocycles. The Kier molecular flexibility index (Phi) is 5.19. The van der Waals surface area contributed by atoms with Crippen LogP contribution in [0.1, 0.15) is 16.5 Å². The minimum Gasteiger partial charge on any atom is -0.493 e. The van der Waals surface area contributed by atoms with Gasteiger partial charge in [-0.05, 0) is 35.6 Å². The molecule has 3 amide bonds. The van der Waals surface area contributed by atoms with Crippen molar-refractivity contribution in [3.8, 4) is 11.5 Å². The monoisotopic (exact) mass is 413 g/mol. The van der Waals surface area contributed by atoms with E-state index in [9.17, 15) is 9.59 Å². The second-order valence-electron chi connectivity index (χ2n) is 6.98. The second kappa shape index (κ2) is 7.79. The van der Waals surface area contributed by atoms with Crippen molar-refractivity contribution < 1.29 is 19.1 Å². The van der Waals surface area contributed by atoms with Gasteiger partial charge in [0.1, 0.15) is 0 Å². The highest BCUT2D eigenvalue weighted by Gasteiger charge is 2.42. The fraction of sp³-hybridized carbons (Fsp3) is 0.333. The molecule has 1 aromatic carbocycles. The third-order valence-electron chi connectivity index (χ3n) is 5.38. The summed E-state index contributed by atoms with van der Waals surface area (Å²) in [6.45, 7) is 0.994. The maximum atomic E-state index is 13.2. The lowest BCUT2D eigenvalue weighted by atomic mass is 10.0. The van der Waals surface area contributed by atoms with E-state index in [4.69, 9.17) is 9.47 Å². The van der Waals surface area contributed by atoms with Crippen molar-refractivity contribution in [3.63, 3.8) is 0 Å². The zero-order chi connectivity index (χ0) is 20.5. The molecule has 29 heavy (non-hydrogen) atoms. The van der Waals surface area contributed by atoms with E-state index in [1.807, 2.05) is 35.7 Å². The van der Waals surface area contributed by atoms with Crippen LogP contribution in [-0.4, -0.2) is 56.1 Å². The van der Waals surface area contributed by atoms with Crippen LogP contribution in [0, 0.1) is 0 Å². The van der Waals surface area contributed by atoms with Gasteiger partial charge in [-0.3, -0.25) is 9.69 Å². The first-order valence-electron chi connectivity index (χ1n) is 9.34. The van der Waals surface area contributed by atoms with Gasteiger partial charge in [0.2, 0.25) is 0 Å². The lowest BCUT2D eigenvalue weighted by molar-refractivity contribution is -0.125. The molecule has 152 valence electrons. The molecule has 0 fully saturated rings. The highest BCUT2D eigenvalue weighted by molar-refractivity contribution is 7.10. The van der Waals surface area contributed by atoms with Crippen LogP contribution in [0.5, 0.6) is 11.5 Å². The van der Waals surface area contributed by atoms with Crippen molar-refractivity contribution in [1.29, 1.82) is 0 Å². The quantitative estimate of drug-likeness (QED) is 0.791. The molecule has 7 nitrogen and oxygen atoms in total. The minimum atomic E-state index is -0.382. The fourth-order valence-corrected chi connectivity index (χ4v) is 4.56. The maximum Gasteiger partial charge on any atom is 0.322 e. The van der Waals surface area contributed by atoms with Crippen LogP contribution in [0.4, 0.5) is 4.79 Å². The van der Waals surface area contributed by atoms with Crippen molar-refractivity contribution >= 4 is 23.3 Å². The van der Waals surface area contributed by atoms with Gasteiger partial charge in [-0.2, -0.15) is 0 Å². The summed E-state index contributed by atoms with van der Waals surface area (Å²) in [5.41, 5.74) is 2.50. The molecular formula is C21H23N3O4S. The van der Waals surface area contributed by atoms with E-state index in [0.29, 0.717) is 36.6 Å². The van der Waals surface area contributed by atoms with Gasteiger partial charge in [0.25, 0.3) is 5.91 Å². The highest BCUT2D eigenvalue weighted by atomic mass is 32.1. The molecule has 0 saturated carbocycles. The van der Waals surface area contributed by atoms with Crippen LogP contribution >= 0.6 is 11.3 Å². The van der Waals surface area contributed by atoms with Gasteiger partial charge in [0.15, 0.2) is 11.5 Å². The van der Waals surface area contributed by atoms with E-state index in [1.54, 1.807) is 31.1 Å². The van der Waals surface area contributed by atoms with Crippen LogP contribution in [0.3, 0.4) is 0 Å². The lowest BCUT2D eigenvalue weighted by Crippen LogP contribution is -2.45. The maximum absolute atomic E-state index is 13.2. The van der Waals surface area contributed by atoms with Crippen LogP contribution in [0.2, 0.25) is 0 Å². The molecule has 4 rings (SSSR count). The number of likely N-dealkylation sites (N-methyl/N-ethyl adjacent to an activating group) is 1. The number of hydrogen-bond acceptors (Lipinski definition) is 5. The molecule has 0 radical (unpaired) electrons. The highest BCUT2D eigenvalue weighted by Crippen LogP contribution is 2.37. The average molecular weight is 413 g/mol. The van der Waals surface area contributed by atoms with E-state index < -0.39 is 0 Å². The van der Waals surface area contributed by atoms with Gasteiger partial charge in [-0.25, -0.2) is 4.79 Å². The number of ether oxygens (including phenoxy) is 2.